The second-order valence-electron chi connectivity index (χ2n) is 5.81. The molecule has 4 heteroatoms. The van der Waals surface area contributed by atoms with Gasteiger partial charge in [0.1, 0.15) is 0 Å². The van der Waals surface area contributed by atoms with Crippen LogP contribution in [0.3, 0.4) is 0 Å². The summed E-state index contributed by atoms with van der Waals surface area (Å²) in [5, 5.41) is 12.2. The topological polar surface area (TPSA) is 58.6 Å². The van der Waals surface area contributed by atoms with Gasteiger partial charge in [0, 0.05) is 12.1 Å². The first kappa shape index (κ1) is 15.4. The molecule has 1 heterocycles. The van der Waals surface area contributed by atoms with Gasteiger partial charge in [0.2, 0.25) is 5.91 Å². The summed E-state index contributed by atoms with van der Waals surface area (Å²) < 4.78 is 5.71. The Morgan fingerprint density at radius 3 is 2.33 bits per heavy atom. The normalized spacial score (nSPS) is 35.2. The van der Waals surface area contributed by atoms with E-state index in [4.69, 9.17) is 9.84 Å². The minimum Gasteiger partial charge on any atom is -0.396 e. The van der Waals surface area contributed by atoms with Gasteiger partial charge in [-0.1, -0.05) is 13.8 Å². The second-order valence-corrected chi connectivity index (χ2v) is 5.81. The number of hydrogen-bond donors (Lipinski definition) is 2. The maximum absolute atomic E-state index is 12.4. The minimum atomic E-state index is -0.322. The Hall–Kier alpha value is -0.610. The lowest BCUT2D eigenvalue weighted by molar-refractivity contribution is -0.129. The smallest absolute Gasteiger partial charge is 0.226 e. The Morgan fingerprint density at radius 2 is 1.94 bits per heavy atom. The number of aliphatic hydroxyl groups excluding tert-OH is 1. The Balaban J connectivity index is 2.70. The van der Waals surface area contributed by atoms with Crippen molar-refractivity contribution in [1.82, 2.24) is 5.32 Å². The van der Waals surface area contributed by atoms with Crippen molar-refractivity contribution >= 4 is 5.91 Å². The van der Waals surface area contributed by atoms with Gasteiger partial charge in [0.15, 0.2) is 0 Å². The molecule has 0 aromatic rings. The summed E-state index contributed by atoms with van der Waals surface area (Å²) in [4.78, 5) is 12.4. The Kier molecular flexibility index (Phi) is 5.17. The van der Waals surface area contributed by atoms with E-state index in [1.807, 2.05) is 27.7 Å². The van der Waals surface area contributed by atoms with Crippen LogP contribution in [0.25, 0.3) is 0 Å². The summed E-state index contributed by atoms with van der Waals surface area (Å²) in [5.41, 5.74) is -0.322. The molecule has 1 aliphatic rings. The van der Waals surface area contributed by atoms with E-state index in [9.17, 15) is 4.79 Å². The summed E-state index contributed by atoms with van der Waals surface area (Å²) in [5.74, 6) is 0.192. The first-order valence-electron chi connectivity index (χ1n) is 6.93. The maximum Gasteiger partial charge on any atom is 0.226 e. The molecule has 1 rings (SSSR count). The van der Waals surface area contributed by atoms with Gasteiger partial charge in [0.05, 0.1) is 18.1 Å². The minimum absolute atomic E-state index is 0.0368. The molecule has 0 aromatic carbocycles. The highest BCUT2D eigenvalue weighted by Crippen LogP contribution is 2.32. The predicted octanol–water partition coefficient (Wildman–Crippen LogP) is 1.71. The molecule has 4 nitrogen and oxygen atoms in total. The summed E-state index contributed by atoms with van der Waals surface area (Å²) in [6.45, 7) is 10.1. The number of carbonyl (C=O) groups is 1. The highest BCUT2D eigenvalue weighted by atomic mass is 16.5. The predicted molar refractivity (Wildman–Crippen MR) is 71.2 cm³/mol. The van der Waals surface area contributed by atoms with Gasteiger partial charge in [-0.05, 0) is 39.5 Å². The van der Waals surface area contributed by atoms with Crippen molar-refractivity contribution in [2.24, 2.45) is 11.8 Å². The molecule has 1 saturated heterocycles. The molecule has 2 N–H and O–H groups in total. The third-order valence-corrected chi connectivity index (χ3v) is 4.41. The molecule has 5 atom stereocenters. The average molecular weight is 257 g/mol. The zero-order chi connectivity index (χ0) is 13.9. The van der Waals surface area contributed by atoms with E-state index in [-0.39, 0.29) is 42.1 Å². The zero-order valence-electron chi connectivity index (χ0n) is 12.2. The van der Waals surface area contributed by atoms with Gasteiger partial charge in [-0.3, -0.25) is 4.79 Å². The fraction of sp³-hybridized carbons (Fsp3) is 0.929. The number of hydrogen-bond acceptors (Lipinski definition) is 3. The van der Waals surface area contributed by atoms with Crippen LogP contribution in [0.15, 0.2) is 0 Å². The van der Waals surface area contributed by atoms with Crippen molar-refractivity contribution in [2.45, 2.75) is 65.2 Å². The molecule has 0 bridgehead atoms. The van der Waals surface area contributed by atoms with Crippen LogP contribution in [0.1, 0.15) is 47.5 Å². The van der Waals surface area contributed by atoms with Gasteiger partial charge >= 0.3 is 0 Å². The molecule has 106 valence electrons. The van der Waals surface area contributed by atoms with E-state index in [2.05, 4.69) is 12.2 Å². The number of ether oxygens (including phenoxy) is 1. The van der Waals surface area contributed by atoms with Crippen LogP contribution in [0.4, 0.5) is 0 Å². The van der Waals surface area contributed by atoms with Crippen molar-refractivity contribution in [3.05, 3.63) is 0 Å². The van der Waals surface area contributed by atoms with Gasteiger partial charge in [-0.2, -0.15) is 0 Å². The van der Waals surface area contributed by atoms with Crippen molar-refractivity contribution in [2.75, 3.05) is 6.61 Å². The molecule has 5 unspecified atom stereocenters. The molecule has 1 amide bonds. The zero-order valence-corrected chi connectivity index (χ0v) is 12.2. The Morgan fingerprint density at radius 1 is 1.33 bits per heavy atom. The van der Waals surface area contributed by atoms with Crippen molar-refractivity contribution in [3.8, 4) is 0 Å². The lowest BCUT2D eigenvalue weighted by Crippen LogP contribution is -2.50. The molecule has 0 spiro atoms. The van der Waals surface area contributed by atoms with Crippen LogP contribution in [-0.4, -0.2) is 35.4 Å². The fourth-order valence-electron chi connectivity index (χ4n) is 2.67. The lowest BCUT2D eigenvalue weighted by atomic mass is 9.86. The lowest BCUT2D eigenvalue weighted by Gasteiger charge is -2.31. The molecular formula is C14H27NO3. The highest BCUT2D eigenvalue weighted by molar-refractivity contribution is 5.80. The highest BCUT2D eigenvalue weighted by Gasteiger charge is 2.42. The van der Waals surface area contributed by atoms with Gasteiger partial charge < -0.3 is 15.2 Å². The molecule has 0 radical (unpaired) electrons. The first-order valence-corrected chi connectivity index (χ1v) is 6.93. The Labute approximate surface area is 110 Å². The summed E-state index contributed by atoms with van der Waals surface area (Å²) in [6, 6.07) is 0. The molecule has 0 aromatic heterocycles. The van der Waals surface area contributed by atoms with E-state index >= 15 is 0 Å². The largest absolute Gasteiger partial charge is 0.396 e. The van der Waals surface area contributed by atoms with Gasteiger partial charge in [0.25, 0.3) is 0 Å². The molecule has 1 aliphatic heterocycles. The van der Waals surface area contributed by atoms with Crippen LogP contribution < -0.4 is 5.32 Å². The number of rotatable bonds is 5. The van der Waals surface area contributed by atoms with Crippen LogP contribution in [0.5, 0.6) is 0 Å². The molecule has 0 saturated carbocycles. The van der Waals surface area contributed by atoms with Gasteiger partial charge in [-0.15, -0.1) is 0 Å². The van der Waals surface area contributed by atoms with E-state index < -0.39 is 0 Å². The summed E-state index contributed by atoms with van der Waals surface area (Å²) in [6.07, 6.45) is 1.48. The van der Waals surface area contributed by atoms with E-state index in [1.165, 1.54) is 0 Å². The van der Waals surface area contributed by atoms with Crippen molar-refractivity contribution in [3.63, 3.8) is 0 Å². The monoisotopic (exact) mass is 257 g/mol. The maximum atomic E-state index is 12.4. The third-order valence-electron chi connectivity index (χ3n) is 4.41. The third kappa shape index (κ3) is 3.23. The first-order chi connectivity index (χ1) is 8.34. The molecule has 1 fully saturated rings. The molecular weight excluding hydrogens is 230 g/mol. The standard InChI is InChI=1S/C14H27NO3/c1-6-14(5,7-8-16)15-13(17)12-9(2)10(3)18-11(12)4/h9-12,16H,6-8H2,1-5H3,(H,15,17). The number of nitrogens with one attached hydrogen (secondary N) is 1. The number of aliphatic hydroxyl groups is 1. The Bertz CT molecular complexity index is 295. The number of carbonyl (C=O) groups excluding carboxylic acids is 1. The van der Waals surface area contributed by atoms with E-state index in [0.717, 1.165) is 6.42 Å². The second kappa shape index (κ2) is 6.02. The van der Waals surface area contributed by atoms with Crippen LogP contribution in [0.2, 0.25) is 0 Å². The van der Waals surface area contributed by atoms with Crippen LogP contribution in [-0.2, 0) is 9.53 Å². The van der Waals surface area contributed by atoms with Crippen molar-refractivity contribution in [1.29, 1.82) is 0 Å². The van der Waals surface area contributed by atoms with Crippen molar-refractivity contribution < 1.29 is 14.6 Å². The SMILES string of the molecule is CCC(C)(CCO)NC(=O)C1C(C)OC(C)C1C. The summed E-state index contributed by atoms with van der Waals surface area (Å²) in [7, 11) is 0. The van der Waals surface area contributed by atoms with Gasteiger partial charge in [-0.25, -0.2) is 0 Å². The fourth-order valence-corrected chi connectivity index (χ4v) is 2.67. The molecule has 18 heavy (non-hydrogen) atoms. The van der Waals surface area contributed by atoms with E-state index in [0.29, 0.717) is 6.42 Å². The quantitative estimate of drug-likeness (QED) is 0.788. The van der Waals surface area contributed by atoms with E-state index in [1.54, 1.807) is 0 Å². The molecule has 0 aliphatic carbocycles. The summed E-state index contributed by atoms with van der Waals surface area (Å²) >= 11 is 0. The van der Waals surface area contributed by atoms with Crippen LogP contribution >= 0.6 is 0 Å². The van der Waals surface area contributed by atoms with Crippen LogP contribution in [0, 0.1) is 11.8 Å². The number of amides is 1. The average Bonchev–Trinajstić information content (AvgIpc) is 2.53.